The summed E-state index contributed by atoms with van der Waals surface area (Å²) in [5.74, 6) is -1.18. The Morgan fingerprint density at radius 3 is 2.73 bits per heavy atom. The molecule has 0 aromatic heterocycles. The van der Waals surface area contributed by atoms with Crippen LogP contribution in [-0.2, 0) is 20.9 Å². The molecule has 0 bridgehead atoms. The molecule has 5 heteroatoms. The van der Waals surface area contributed by atoms with Gasteiger partial charge in [0.15, 0.2) is 5.54 Å². The van der Waals surface area contributed by atoms with Gasteiger partial charge in [0.2, 0.25) is 5.91 Å². The van der Waals surface area contributed by atoms with Crippen molar-refractivity contribution in [2.45, 2.75) is 31.4 Å². The molecular formula is C17H22N2O3. The highest BCUT2D eigenvalue weighted by molar-refractivity contribution is 6.07. The molecule has 1 heterocycles. The lowest BCUT2D eigenvalue weighted by molar-refractivity contribution is -0.162. The molecule has 0 spiro atoms. The first-order chi connectivity index (χ1) is 10.6. The molecule has 0 radical (unpaired) electrons. The number of hydrogen-bond donors (Lipinski definition) is 1. The van der Waals surface area contributed by atoms with Crippen LogP contribution in [0.4, 0.5) is 0 Å². The molecule has 2 rings (SSSR count). The number of primary amides is 1. The van der Waals surface area contributed by atoms with E-state index in [9.17, 15) is 9.59 Å². The van der Waals surface area contributed by atoms with Crippen molar-refractivity contribution in [3.8, 4) is 0 Å². The second-order valence-corrected chi connectivity index (χ2v) is 5.45. The van der Waals surface area contributed by atoms with Crippen LogP contribution in [-0.4, -0.2) is 35.4 Å². The minimum atomic E-state index is -1.34. The van der Waals surface area contributed by atoms with Crippen molar-refractivity contribution in [3.63, 3.8) is 0 Å². The molecule has 1 fully saturated rings. The van der Waals surface area contributed by atoms with E-state index in [0.717, 1.165) is 12.0 Å². The predicted octanol–water partition coefficient (Wildman–Crippen LogP) is 1.63. The third-order valence-corrected chi connectivity index (χ3v) is 4.07. The fraction of sp³-hybridized carbons (Fsp3) is 0.412. The van der Waals surface area contributed by atoms with E-state index >= 15 is 0 Å². The van der Waals surface area contributed by atoms with E-state index in [4.69, 9.17) is 10.5 Å². The Hall–Kier alpha value is -2.14. The smallest absolute Gasteiger partial charge is 0.336 e. The van der Waals surface area contributed by atoms with Crippen molar-refractivity contribution in [2.75, 3.05) is 13.1 Å². The Morgan fingerprint density at radius 2 is 2.09 bits per heavy atom. The molecule has 5 nitrogen and oxygen atoms in total. The number of hydrogen-bond acceptors (Lipinski definition) is 4. The monoisotopic (exact) mass is 302 g/mol. The molecule has 2 N–H and O–H groups in total. The first-order valence-corrected chi connectivity index (χ1v) is 7.48. The van der Waals surface area contributed by atoms with Crippen LogP contribution < -0.4 is 5.73 Å². The van der Waals surface area contributed by atoms with E-state index in [1.165, 1.54) is 0 Å². The van der Waals surface area contributed by atoms with Crippen LogP contribution in [0.5, 0.6) is 0 Å². The molecule has 1 aliphatic heterocycles. The molecule has 1 aliphatic rings. The number of amides is 1. The number of carbonyl (C=O) groups excluding carboxylic acids is 2. The van der Waals surface area contributed by atoms with Gasteiger partial charge in [-0.2, -0.15) is 0 Å². The molecule has 0 saturated carbocycles. The van der Waals surface area contributed by atoms with E-state index in [1.807, 2.05) is 35.2 Å². The van der Waals surface area contributed by atoms with Gasteiger partial charge in [0, 0.05) is 6.54 Å². The van der Waals surface area contributed by atoms with Crippen LogP contribution in [0.2, 0.25) is 0 Å². The quantitative estimate of drug-likeness (QED) is 0.472. The number of carbonyl (C=O) groups is 2. The Bertz CT molecular complexity index is 544. The first-order valence-electron chi connectivity index (χ1n) is 7.48. The van der Waals surface area contributed by atoms with Gasteiger partial charge in [-0.25, -0.2) is 4.79 Å². The molecule has 1 aromatic carbocycles. The summed E-state index contributed by atoms with van der Waals surface area (Å²) in [6.45, 7) is 5.06. The molecule has 1 amide bonds. The second-order valence-electron chi connectivity index (χ2n) is 5.45. The van der Waals surface area contributed by atoms with Crippen molar-refractivity contribution >= 4 is 11.9 Å². The number of nitrogens with zero attached hydrogens (tertiary/aromatic N) is 1. The second kappa shape index (κ2) is 7.22. The summed E-state index contributed by atoms with van der Waals surface area (Å²) < 4.78 is 5.38. The fourth-order valence-corrected chi connectivity index (χ4v) is 2.88. The molecule has 0 unspecified atom stereocenters. The van der Waals surface area contributed by atoms with Crippen molar-refractivity contribution < 1.29 is 14.3 Å². The number of likely N-dealkylation sites (tertiary alicyclic amines) is 1. The summed E-state index contributed by atoms with van der Waals surface area (Å²) in [4.78, 5) is 26.4. The van der Waals surface area contributed by atoms with Gasteiger partial charge in [-0.3, -0.25) is 9.69 Å². The normalized spacial score (nSPS) is 21.5. The molecule has 0 aliphatic carbocycles. The lowest BCUT2D eigenvalue weighted by atomic mass is 9.95. The van der Waals surface area contributed by atoms with Gasteiger partial charge in [0.05, 0.1) is 0 Å². The molecule has 22 heavy (non-hydrogen) atoms. The Balaban J connectivity index is 2.10. The minimum absolute atomic E-state index is 0.143. The number of nitrogens with two attached hydrogens (primary N) is 1. The van der Waals surface area contributed by atoms with Gasteiger partial charge in [-0.05, 0) is 31.4 Å². The molecular weight excluding hydrogens is 280 g/mol. The van der Waals surface area contributed by atoms with Crippen molar-refractivity contribution in [1.29, 1.82) is 0 Å². The highest BCUT2D eigenvalue weighted by Crippen LogP contribution is 2.31. The topological polar surface area (TPSA) is 72.6 Å². The van der Waals surface area contributed by atoms with Gasteiger partial charge in [0.1, 0.15) is 6.61 Å². The van der Waals surface area contributed by atoms with Crippen molar-refractivity contribution in [3.05, 3.63) is 48.6 Å². The average Bonchev–Trinajstić information content (AvgIpc) is 2.96. The van der Waals surface area contributed by atoms with E-state index in [-0.39, 0.29) is 6.61 Å². The van der Waals surface area contributed by atoms with E-state index in [0.29, 0.717) is 25.9 Å². The summed E-state index contributed by atoms with van der Waals surface area (Å²) in [5, 5.41) is 0. The standard InChI is InChI=1S/C17H22N2O3/c1-2-3-11-19-12-7-10-17(19,15(18)20)16(21)22-13-14-8-5-4-6-9-14/h2,4-6,8-9H,1,3,7,10-13H2,(H2,18,20)/t17-/m0/s1. The van der Waals surface area contributed by atoms with Crippen LogP contribution >= 0.6 is 0 Å². The number of rotatable bonds is 7. The summed E-state index contributed by atoms with van der Waals surface area (Å²) in [6.07, 6.45) is 3.62. The number of benzene rings is 1. The maximum Gasteiger partial charge on any atom is 0.336 e. The average molecular weight is 302 g/mol. The third kappa shape index (κ3) is 3.20. The Morgan fingerprint density at radius 1 is 1.36 bits per heavy atom. The zero-order valence-corrected chi connectivity index (χ0v) is 12.7. The lowest BCUT2D eigenvalue weighted by Crippen LogP contribution is -2.60. The summed E-state index contributed by atoms with van der Waals surface area (Å²) in [7, 11) is 0. The zero-order chi connectivity index (χ0) is 16.0. The van der Waals surface area contributed by atoms with Gasteiger partial charge in [-0.1, -0.05) is 36.4 Å². The maximum absolute atomic E-state index is 12.6. The highest BCUT2D eigenvalue weighted by atomic mass is 16.5. The van der Waals surface area contributed by atoms with Crippen LogP contribution in [0.15, 0.2) is 43.0 Å². The predicted molar refractivity (Wildman–Crippen MR) is 83.8 cm³/mol. The van der Waals surface area contributed by atoms with Crippen LogP contribution in [0.1, 0.15) is 24.8 Å². The third-order valence-electron chi connectivity index (χ3n) is 4.07. The summed E-state index contributed by atoms with van der Waals surface area (Å²) >= 11 is 0. The largest absolute Gasteiger partial charge is 0.459 e. The first kappa shape index (κ1) is 16.2. The van der Waals surface area contributed by atoms with Crippen molar-refractivity contribution in [1.82, 2.24) is 4.90 Å². The Labute approximate surface area is 130 Å². The molecule has 1 saturated heterocycles. The summed E-state index contributed by atoms with van der Waals surface area (Å²) in [5.41, 5.74) is 5.10. The number of ether oxygens (including phenoxy) is 1. The Kier molecular flexibility index (Phi) is 5.33. The zero-order valence-electron chi connectivity index (χ0n) is 12.7. The minimum Gasteiger partial charge on any atom is -0.459 e. The molecule has 1 aromatic rings. The van der Waals surface area contributed by atoms with Gasteiger partial charge in [-0.15, -0.1) is 6.58 Å². The van der Waals surface area contributed by atoms with E-state index in [2.05, 4.69) is 6.58 Å². The van der Waals surface area contributed by atoms with Gasteiger partial charge >= 0.3 is 5.97 Å². The lowest BCUT2D eigenvalue weighted by Gasteiger charge is -2.33. The van der Waals surface area contributed by atoms with Crippen molar-refractivity contribution in [2.24, 2.45) is 5.73 Å². The van der Waals surface area contributed by atoms with Crippen LogP contribution in [0.3, 0.4) is 0 Å². The van der Waals surface area contributed by atoms with Crippen LogP contribution in [0, 0.1) is 0 Å². The van der Waals surface area contributed by atoms with Gasteiger partial charge < -0.3 is 10.5 Å². The fourth-order valence-electron chi connectivity index (χ4n) is 2.88. The summed E-state index contributed by atoms with van der Waals surface area (Å²) in [6, 6.07) is 9.38. The van der Waals surface area contributed by atoms with E-state index in [1.54, 1.807) is 6.08 Å². The SMILES string of the molecule is C=CCCN1CCC[C@]1(C(N)=O)C(=O)OCc1ccccc1. The van der Waals surface area contributed by atoms with Crippen LogP contribution in [0.25, 0.3) is 0 Å². The van der Waals surface area contributed by atoms with Gasteiger partial charge in [0.25, 0.3) is 0 Å². The molecule has 118 valence electrons. The highest BCUT2D eigenvalue weighted by Gasteiger charge is 2.53. The number of esters is 1. The molecule has 1 atom stereocenters. The van der Waals surface area contributed by atoms with E-state index < -0.39 is 17.4 Å². The maximum atomic E-state index is 12.6.